The van der Waals surface area contributed by atoms with Crippen molar-refractivity contribution in [2.75, 3.05) is 36.8 Å². The summed E-state index contributed by atoms with van der Waals surface area (Å²) in [4.78, 5) is 5.06. The molecule has 0 atom stereocenters. The number of piperazine rings is 1. The van der Waals surface area contributed by atoms with Gasteiger partial charge in [-0.15, -0.1) is 0 Å². The molecule has 1 heterocycles. The Labute approximate surface area is 121 Å². The molecule has 3 rings (SSSR count). The smallest absolute Gasteiger partial charge is 0.144 e. The van der Waals surface area contributed by atoms with Gasteiger partial charge in [0.2, 0.25) is 0 Å². The highest BCUT2D eigenvalue weighted by Gasteiger charge is 2.31. The average molecular weight is 275 g/mol. The second kappa shape index (κ2) is 5.52. The molecule has 20 heavy (non-hydrogen) atoms. The van der Waals surface area contributed by atoms with E-state index >= 15 is 0 Å². The summed E-state index contributed by atoms with van der Waals surface area (Å²) >= 11 is 0. The summed E-state index contributed by atoms with van der Waals surface area (Å²) in [5, 5.41) is 0. The number of anilines is 2. The first kappa shape index (κ1) is 13.6. The molecule has 0 amide bonds. The Morgan fingerprint density at radius 3 is 2.45 bits per heavy atom. The van der Waals surface area contributed by atoms with Crippen molar-refractivity contribution in [3.05, 3.63) is 18.2 Å². The van der Waals surface area contributed by atoms with Gasteiger partial charge in [-0.05, 0) is 38.8 Å². The van der Waals surface area contributed by atoms with Gasteiger partial charge < -0.3 is 15.4 Å². The summed E-state index contributed by atoms with van der Waals surface area (Å²) in [6, 6.07) is 7.03. The zero-order valence-corrected chi connectivity index (χ0v) is 12.5. The van der Waals surface area contributed by atoms with Gasteiger partial charge in [-0.25, -0.2) is 0 Å². The number of nitrogens with two attached hydrogens (primary N) is 1. The minimum atomic E-state index is 0.152. The van der Waals surface area contributed by atoms with Crippen LogP contribution in [0.4, 0.5) is 11.4 Å². The predicted molar refractivity (Wildman–Crippen MR) is 83.4 cm³/mol. The molecule has 2 aliphatic rings. The molecule has 1 aliphatic heterocycles. The maximum atomic E-state index is 5.99. The van der Waals surface area contributed by atoms with E-state index in [2.05, 4.69) is 21.9 Å². The molecule has 4 nitrogen and oxygen atoms in total. The third kappa shape index (κ3) is 3.01. The lowest BCUT2D eigenvalue weighted by atomic mass is 10.2. The summed E-state index contributed by atoms with van der Waals surface area (Å²) in [5.74, 6) is 0.808. The van der Waals surface area contributed by atoms with Gasteiger partial charge in [0.05, 0.1) is 11.8 Å². The van der Waals surface area contributed by atoms with Crippen molar-refractivity contribution in [2.45, 2.75) is 38.8 Å². The van der Waals surface area contributed by atoms with E-state index < -0.39 is 0 Å². The van der Waals surface area contributed by atoms with Gasteiger partial charge >= 0.3 is 0 Å². The van der Waals surface area contributed by atoms with E-state index in [4.69, 9.17) is 10.5 Å². The summed E-state index contributed by atoms with van der Waals surface area (Å²) in [6.45, 7) is 8.61. The fourth-order valence-corrected chi connectivity index (χ4v) is 2.86. The van der Waals surface area contributed by atoms with E-state index in [0.717, 1.165) is 30.6 Å². The number of hydrogen-bond donors (Lipinski definition) is 1. The first-order valence-electron chi connectivity index (χ1n) is 7.68. The maximum absolute atomic E-state index is 5.99. The molecule has 0 unspecified atom stereocenters. The Hall–Kier alpha value is -1.42. The third-order valence-electron chi connectivity index (χ3n) is 4.10. The number of nitrogens with zero attached hydrogens (tertiary/aromatic N) is 2. The van der Waals surface area contributed by atoms with Crippen LogP contribution in [-0.2, 0) is 0 Å². The monoisotopic (exact) mass is 275 g/mol. The quantitative estimate of drug-likeness (QED) is 0.856. The van der Waals surface area contributed by atoms with Crippen molar-refractivity contribution < 1.29 is 4.74 Å². The van der Waals surface area contributed by atoms with Crippen LogP contribution in [0, 0.1) is 0 Å². The first-order valence-corrected chi connectivity index (χ1v) is 7.68. The van der Waals surface area contributed by atoms with Gasteiger partial charge in [-0.3, -0.25) is 4.90 Å². The fraction of sp³-hybridized carbons (Fsp3) is 0.625. The summed E-state index contributed by atoms with van der Waals surface area (Å²) in [6.07, 6.45) is 2.95. The lowest BCUT2D eigenvalue weighted by Crippen LogP contribution is -2.47. The van der Waals surface area contributed by atoms with E-state index in [1.165, 1.54) is 31.6 Å². The minimum absolute atomic E-state index is 0.152. The highest BCUT2D eigenvalue weighted by molar-refractivity contribution is 5.62. The lowest BCUT2D eigenvalue weighted by Gasteiger charge is -2.36. The van der Waals surface area contributed by atoms with Crippen molar-refractivity contribution >= 4 is 11.4 Å². The van der Waals surface area contributed by atoms with Crippen LogP contribution >= 0.6 is 0 Å². The standard InChI is InChI=1S/C16H25N3O/c1-12(2)20-16-11-14(5-6-15(16)17)19-9-7-18(8-10-19)13-3-4-13/h5-6,11-13H,3-4,7-10,17H2,1-2H3. The second-order valence-electron chi connectivity index (χ2n) is 6.14. The van der Waals surface area contributed by atoms with Gasteiger partial charge in [-0.1, -0.05) is 0 Å². The van der Waals surface area contributed by atoms with Crippen LogP contribution in [0.2, 0.25) is 0 Å². The Morgan fingerprint density at radius 1 is 1.15 bits per heavy atom. The summed E-state index contributed by atoms with van der Waals surface area (Å²) in [5.41, 5.74) is 7.93. The zero-order valence-electron chi connectivity index (χ0n) is 12.5. The van der Waals surface area contributed by atoms with E-state index in [0.29, 0.717) is 0 Å². The van der Waals surface area contributed by atoms with E-state index in [1.54, 1.807) is 0 Å². The van der Waals surface area contributed by atoms with Gasteiger partial charge in [0.15, 0.2) is 0 Å². The fourth-order valence-electron chi connectivity index (χ4n) is 2.86. The molecular formula is C16H25N3O. The van der Waals surface area contributed by atoms with E-state index in [9.17, 15) is 0 Å². The van der Waals surface area contributed by atoms with Crippen LogP contribution in [-0.4, -0.2) is 43.2 Å². The van der Waals surface area contributed by atoms with Gasteiger partial charge in [-0.2, -0.15) is 0 Å². The van der Waals surface area contributed by atoms with Crippen molar-refractivity contribution in [3.63, 3.8) is 0 Å². The molecule has 110 valence electrons. The largest absolute Gasteiger partial charge is 0.489 e. The Kier molecular flexibility index (Phi) is 3.74. The van der Waals surface area contributed by atoms with E-state index in [1.807, 2.05) is 19.9 Å². The maximum Gasteiger partial charge on any atom is 0.144 e. The second-order valence-corrected chi connectivity index (χ2v) is 6.14. The van der Waals surface area contributed by atoms with E-state index in [-0.39, 0.29) is 6.10 Å². The molecule has 0 bridgehead atoms. The molecule has 1 aliphatic carbocycles. The topological polar surface area (TPSA) is 41.7 Å². The molecule has 0 aromatic heterocycles. The van der Waals surface area contributed by atoms with Crippen LogP contribution in [0.3, 0.4) is 0 Å². The van der Waals surface area contributed by atoms with Crippen LogP contribution < -0.4 is 15.4 Å². The number of benzene rings is 1. The molecular weight excluding hydrogens is 250 g/mol. The van der Waals surface area contributed by atoms with Crippen LogP contribution in [0.25, 0.3) is 0 Å². The number of ether oxygens (including phenoxy) is 1. The Morgan fingerprint density at radius 2 is 1.85 bits per heavy atom. The molecule has 1 aromatic rings. The molecule has 0 radical (unpaired) electrons. The van der Waals surface area contributed by atoms with Crippen molar-refractivity contribution in [3.8, 4) is 5.75 Å². The Bertz CT molecular complexity index is 463. The van der Waals surface area contributed by atoms with Crippen LogP contribution in [0.5, 0.6) is 5.75 Å². The third-order valence-corrected chi connectivity index (χ3v) is 4.10. The molecule has 2 fully saturated rings. The molecule has 1 saturated carbocycles. The molecule has 4 heteroatoms. The summed E-state index contributed by atoms with van der Waals surface area (Å²) < 4.78 is 5.78. The van der Waals surface area contributed by atoms with Crippen molar-refractivity contribution in [1.82, 2.24) is 4.90 Å². The Balaban J connectivity index is 1.67. The highest BCUT2D eigenvalue weighted by atomic mass is 16.5. The van der Waals surface area contributed by atoms with Crippen molar-refractivity contribution in [2.24, 2.45) is 0 Å². The van der Waals surface area contributed by atoms with Crippen molar-refractivity contribution in [1.29, 1.82) is 0 Å². The number of rotatable bonds is 4. The minimum Gasteiger partial charge on any atom is -0.489 e. The van der Waals surface area contributed by atoms with Crippen LogP contribution in [0.1, 0.15) is 26.7 Å². The summed E-state index contributed by atoms with van der Waals surface area (Å²) in [7, 11) is 0. The zero-order chi connectivity index (χ0) is 14.1. The SMILES string of the molecule is CC(C)Oc1cc(N2CCN(C3CC3)CC2)ccc1N. The normalized spacial score (nSPS) is 20.4. The highest BCUT2D eigenvalue weighted by Crippen LogP contribution is 2.31. The van der Waals surface area contributed by atoms with Gasteiger partial charge in [0.25, 0.3) is 0 Å². The molecule has 1 saturated heterocycles. The van der Waals surface area contributed by atoms with Gasteiger partial charge in [0.1, 0.15) is 5.75 Å². The van der Waals surface area contributed by atoms with Gasteiger partial charge in [0, 0.05) is 44.0 Å². The first-order chi connectivity index (χ1) is 9.63. The molecule has 0 spiro atoms. The predicted octanol–water partition coefficient (Wildman–Crippen LogP) is 2.34. The number of nitrogen functional groups attached to an aromatic ring is 1. The lowest BCUT2D eigenvalue weighted by molar-refractivity contribution is 0.242. The number of hydrogen-bond acceptors (Lipinski definition) is 4. The van der Waals surface area contributed by atoms with Crippen LogP contribution in [0.15, 0.2) is 18.2 Å². The molecule has 1 aromatic carbocycles. The average Bonchev–Trinajstić information content (AvgIpc) is 3.25. The molecule has 2 N–H and O–H groups in total.